The Labute approximate surface area is 60.2 Å². The van der Waals surface area contributed by atoms with Crippen molar-refractivity contribution in [2.45, 2.75) is 19.4 Å². The van der Waals surface area contributed by atoms with Crippen LogP contribution in [0.5, 0.6) is 0 Å². The average molecular weight is 138 g/mol. The smallest absolute Gasteiger partial charge is 0.210 e. The molecular weight excluding hydrogens is 128 g/mol. The number of rotatable bonds is 1. The first-order chi connectivity index (χ1) is 4.77. The first-order valence-corrected chi connectivity index (χ1v) is 3.38. The fraction of sp³-hybridized carbons (Fsp3) is 0.714. The quantitative estimate of drug-likeness (QED) is 0.491. The molecule has 10 heavy (non-hydrogen) atoms. The number of hydrogen-bond donors (Lipinski definition) is 0. The molecule has 0 bridgehead atoms. The van der Waals surface area contributed by atoms with E-state index in [1.807, 2.05) is 6.92 Å². The van der Waals surface area contributed by atoms with Gasteiger partial charge in [-0.15, -0.1) is 0 Å². The van der Waals surface area contributed by atoms with Crippen molar-refractivity contribution in [2.75, 3.05) is 6.54 Å². The predicted molar refractivity (Wildman–Crippen MR) is 36.0 cm³/mol. The number of nitrogens with zero attached hydrogens (tertiary/aromatic N) is 2. The van der Waals surface area contributed by atoms with E-state index < -0.39 is 0 Å². The van der Waals surface area contributed by atoms with Gasteiger partial charge in [-0.2, -0.15) is 5.26 Å². The van der Waals surface area contributed by atoms with Crippen molar-refractivity contribution in [3.63, 3.8) is 0 Å². The molecule has 3 nitrogen and oxygen atoms in total. The molecular formula is C7H10N2O. The van der Waals surface area contributed by atoms with Gasteiger partial charge in [0.25, 0.3) is 0 Å². The van der Waals surface area contributed by atoms with Gasteiger partial charge in [0, 0.05) is 6.54 Å². The lowest BCUT2D eigenvalue weighted by atomic mass is 10.1. The molecule has 0 spiro atoms. The Morgan fingerprint density at radius 1 is 1.80 bits per heavy atom. The van der Waals surface area contributed by atoms with E-state index in [0.717, 1.165) is 19.4 Å². The summed E-state index contributed by atoms with van der Waals surface area (Å²) in [7, 11) is 0. The molecule has 1 saturated heterocycles. The van der Waals surface area contributed by atoms with Gasteiger partial charge >= 0.3 is 0 Å². The highest BCUT2D eigenvalue weighted by Gasteiger charge is 2.27. The second-order valence-corrected chi connectivity index (χ2v) is 2.79. The van der Waals surface area contributed by atoms with Crippen molar-refractivity contribution >= 4 is 6.41 Å². The van der Waals surface area contributed by atoms with E-state index in [2.05, 4.69) is 6.07 Å². The largest absolute Gasteiger partial charge is 0.329 e. The van der Waals surface area contributed by atoms with Crippen LogP contribution >= 0.6 is 0 Å². The molecule has 3 heteroatoms. The highest BCUT2D eigenvalue weighted by molar-refractivity contribution is 5.49. The molecule has 1 amide bonds. The van der Waals surface area contributed by atoms with Crippen molar-refractivity contribution in [3.05, 3.63) is 0 Å². The van der Waals surface area contributed by atoms with Crippen molar-refractivity contribution in [1.82, 2.24) is 4.90 Å². The summed E-state index contributed by atoms with van der Waals surface area (Å²) < 4.78 is 0. The van der Waals surface area contributed by atoms with Crippen LogP contribution in [0.4, 0.5) is 0 Å². The van der Waals surface area contributed by atoms with Crippen molar-refractivity contribution < 1.29 is 4.79 Å². The zero-order valence-electron chi connectivity index (χ0n) is 5.95. The summed E-state index contributed by atoms with van der Waals surface area (Å²) in [4.78, 5) is 11.9. The fourth-order valence-electron chi connectivity index (χ4n) is 1.32. The Balaban J connectivity index is 2.59. The van der Waals surface area contributed by atoms with Crippen molar-refractivity contribution in [2.24, 2.45) is 5.92 Å². The standard InChI is InChI=1S/C7H10N2O/c1-6-2-7(3-8)9(4-6)5-10/h5-7H,2,4H2,1H3. The highest BCUT2D eigenvalue weighted by atomic mass is 16.1. The molecule has 1 aliphatic rings. The maximum atomic E-state index is 10.3. The van der Waals surface area contributed by atoms with E-state index in [-0.39, 0.29) is 6.04 Å². The first-order valence-electron chi connectivity index (χ1n) is 3.38. The topological polar surface area (TPSA) is 44.1 Å². The number of carbonyl (C=O) groups excluding carboxylic acids is 1. The second kappa shape index (κ2) is 2.70. The van der Waals surface area contributed by atoms with E-state index in [9.17, 15) is 4.79 Å². The fourth-order valence-corrected chi connectivity index (χ4v) is 1.32. The molecule has 1 aliphatic heterocycles. The Bertz CT molecular complexity index is 173. The highest BCUT2D eigenvalue weighted by Crippen LogP contribution is 2.19. The van der Waals surface area contributed by atoms with E-state index in [1.54, 1.807) is 4.90 Å². The lowest BCUT2D eigenvalue weighted by Crippen LogP contribution is -2.26. The van der Waals surface area contributed by atoms with Crippen molar-refractivity contribution in [3.8, 4) is 6.07 Å². The normalized spacial score (nSPS) is 31.8. The molecule has 0 radical (unpaired) electrons. The molecule has 2 atom stereocenters. The van der Waals surface area contributed by atoms with E-state index in [1.165, 1.54) is 0 Å². The number of hydrogen-bond acceptors (Lipinski definition) is 2. The van der Waals surface area contributed by atoms with Crippen LogP contribution in [0.25, 0.3) is 0 Å². The maximum Gasteiger partial charge on any atom is 0.210 e. The second-order valence-electron chi connectivity index (χ2n) is 2.79. The molecule has 1 heterocycles. The van der Waals surface area contributed by atoms with Gasteiger partial charge in [-0.05, 0) is 12.3 Å². The van der Waals surface area contributed by atoms with E-state index in [0.29, 0.717) is 5.92 Å². The summed E-state index contributed by atoms with van der Waals surface area (Å²) in [6.07, 6.45) is 1.59. The van der Waals surface area contributed by atoms with Crippen LogP contribution in [0, 0.1) is 17.2 Å². The molecule has 2 unspecified atom stereocenters. The van der Waals surface area contributed by atoms with E-state index >= 15 is 0 Å². The number of amides is 1. The third-order valence-corrected chi connectivity index (χ3v) is 1.83. The maximum absolute atomic E-state index is 10.3. The van der Waals surface area contributed by atoms with Crippen molar-refractivity contribution in [1.29, 1.82) is 5.26 Å². The van der Waals surface area contributed by atoms with Gasteiger partial charge in [0.05, 0.1) is 6.07 Å². The SMILES string of the molecule is CC1CC(C#N)N(C=O)C1. The third-order valence-electron chi connectivity index (χ3n) is 1.83. The van der Waals surface area contributed by atoms with Gasteiger partial charge in [0.1, 0.15) is 6.04 Å². The van der Waals surface area contributed by atoms with Crippen LogP contribution < -0.4 is 0 Å². The van der Waals surface area contributed by atoms with Gasteiger partial charge in [0.2, 0.25) is 6.41 Å². The van der Waals surface area contributed by atoms with Crippen LogP contribution in [-0.2, 0) is 4.79 Å². The first kappa shape index (κ1) is 7.07. The number of likely N-dealkylation sites (tertiary alicyclic amines) is 1. The molecule has 0 aromatic heterocycles. The van der Waals surface area contributed by atoms with Gasteiger partial charge in [0.15, 0.2) is 0 Å². The van der Waals surface area contributed by atoms with Crippen LogP contribution in [0.15, 0.2) is 0 Å². The third kappa shape index (κ3) is 1.10. The molecule has 1 fully saturated rings. The molecule has 0 aromatic carbocycles. The number of carbonyl (C=O) groups is 1. The molecule has 54 valence electrons. The summed E-state index contributed by atoms with van der Waals surface area (Å²) in [5.41, 5.74) is 0. The Morgan fingerprint density at radius 2 is 2.50 bits per heavy atom. The van der Waals surface area contributed by atoms with Gasteiger partial charge < -0.3 is 4.90 Å². The lowest BCUT2D eigenvalue weighted by Gasteiger charge is -2.10. The summed E-state index contributed by atoms with van der Waals surface area (Å²) in [6, 6.07) is 1.92. The van der Waals surface area contributed by atoms with Crippen LogP contribution in [0.3, 0.4) is 0 Å². The van der Waals surface area contributed by atoms with Gasteiger partial charge in [-0.1, -0.05) is 6.92 Å². The Hall–Kier alpha value is -1.04. The molecule has 0 aromatic rings. The average Bonchev–Trinajstić information content (AvgIpc) is 2.30. The minimum absolute atomic E-state index is 0.174. The van der Waals surface area contributed by atoms with Crippen LogP contribution in [0.2, 0.25) is 0 Å². The molecule has 0 N–H and O–H groups in total. The summed E-state index contributed by atoms with van der Waals surface area (Å²) in [5, 5.41) is 8.53. The van der Waals surface area contributed by atoms with Gasteiger partial charge in [-0.25, -0.2) is 0 Å². The summed E-state index contributed by atoms with van der Waals surface area (Å²) >= 11 is 0. The summed E-state index contributed by atoms with van der Waals surface area (Å²) in [5.74, 6) is 0.481. The predicted octanol–water partition coefficient (Wildman–Crippen LogP) is 0.377. The van der Waals surface area contributed by atoms with Gasteiger partial charge in [-0.3, -0.25) is 4.79 Å². The molecule has 0 aliphatic carbocycles. The zero-order chi connectivity index (χ0) is 7.56. The Morgan fingerprint density at radius 3 is 2.90 bits per heavy atom. The lowest BCUT2D eigenvalue weighted by molar-refractivity contribution is -0.118. The minimum Gasteiger partial charge on any atom is -0.329 e. The van der Waals surface area contributed by atoms with Crippen LogP contribution in [0.1, 0.15) is 13.3 Å². The minimum atomic E-state index is -0.174. The number of nitriles is 1. The Kier molecular flexibility index (Phi) is 1.91. The van der Waals surface area contributed by atoms with E-state index in [4.69, 9.17) is 5.26 Å². The van der Waals surface area contributed by atoms with Crippen LogP contribution in [-0.4, -0.2) is 23.9 Å². The zero-order valence-corrected chi connectivity index (χ0v) is 5.95. The molecule has 0 saturated carbocycles. The monoisotopic (exact) mass is 138 g/mol. The molecule has 1 rings (SSSR count). The summed E-state index contributed by atoms with van der Waals surface area (Å²) in [6.45, 7) is 2.79.